The minimum Gasteiger partial charge on any atom is -0.497 e. The second-order valence-electron chi connectivity index (χ2n) is 5.58. The summed E-state index contributed by atoms with van der Waals surface area (Å²) in [6, 6.07) is 7.79. The maximum absolute atomic E-state index is 12.2. The number of anilines is 1. The van der Waals surface area contributed by atoms with Gasteiger partial charge in [-0.05, 0) is 30.5 Å². The first-order valence-electron chi connectivity index (χ1n) is 7.79. The first-order valence-corrected chi connectivity index (χ1v) is 8.61. The predicted molar refractivity (Wildman–Crippen MR) is 98.5 cm³/mol. The van der Waals surface area contributed by atoms with Crippen LogP contribution in [0, 0.1) is 0 Å². The minimum absolute atomic E-state index is 0. The van der Waals surface area contributed by atoms with Crippen molar-refractivity contribution in [3.8, 4) is 5.75 Å². The van der Waals surface area contributed by atoms with Crippen molar-refractivity contribution in [1.82, 2.24) is 10.2 Å². The van der Waals surface area contributed by atoms with E-state index >= 15 is 0 Å². The standard InChI is InChI=1S/C16H20N4O3S.ClH/c1-22-11-4-2-3-10(7-11)8-14-19-20-16(24-14)18-15(21)13-6-5-12(9-17)23-13;/h2-4,7,12-13H,5-6,8-9,17H2,1H3,(H,18,20,21);1H/t12-,13+;/m1./s1. The molecule has 25 heavy (non-hydrogen) atoms. The molecule has 1 fully saturated rings. The molecule has 0 spiro atoms. The van der Waals surface area contributed by atoms with Crippen LogP contribution >= 0.6 is 23.7 Å². The fourth-order valence-corrected chi connectivity index (χ4v) is 3.37. The van der Waals surface area contributed by atoms with Gasteiger partial charge >= 0.3 is 0 Å². The zero-order valence-electron chi connectivity index (χ0n) is 13.8. The monoisotopic (exact) mass is 384 g/mol. The van der Waals surface area contributed by atoms with Gasteiger partial charge in [0.1, 0.15) is 16.9 Å². The smallest absolute Gasteiger partial charge is 0.255 e. The number of ether oxygens (including phenoxy) is 2. The number of halogens is 1. The van der Waals surface area contributed by atoms with E-state index in [0.29, 0.717) is 24.5 Å². The van der Waals surface area contributed by atoms with Crippen molar-refractivity contribution in [3.05, 3.63) is 34.8 Å². The highest BCUT2D eigenvalue weighted by atomic mass is 35.5. The van der Waals surface area contributed by atoms with E-state index in [2.05, 4.69) is 15.5 Å². The van der Waals surface area contributed by atoms with Gasteiger partial charge in [0.25, 0.3) is 5.91 Å². The van der Waals surface area contributed by atoms with E-state index in [1.54, 1.807) is 7.11 Å². The number of rotatable bonds is 6. The van der Waals surface area contributed by atoms with Crippen LogP contribution in [0.25, 0.3) is 0 Å². The number of hydrogen-bond acceptors (Lipinski definition) is 7. The van der Waals surface area contributed by atoms with Gasteiger partial charge in [-0.15, -0.1) is 22.6 Å². The molecule has 1 saturated heterocycles. The first kappa shape index (κ1) is 19.6. The van der Waals surface area contributed by atoms with Crippen molar-refractivity contribution in [3.63, 3.8) is 0 Å². The average molecular weight is 385 g/mol. The van der Waals surface area contributed by atoms with Crippen molar-refractivity contribution in [2.24, 2.45) is 5.73 Å². The van der Waals surface area contributed by atoms with Crippen LogP contribution in [0.2, 0.25) is 0 Å². The number of hydrogen-bond donors (Lipinski definition) is 2. The number of carbonyl (C=O) groups excluding carboxylic acids is 1. The molecular weight excluding hydrogens is 364 g/mol. The lowest BCUT2D eigenvalue weighted by Gasteiger charge is -2.10. The highest BCUT2D eigenvalue weighted by Crippen LogP contribution is 2.23. The summed E-state index contributed by atoms with van der Waals surface area (Å²) in [6.07, 6.45) is 1.65. The van der Waals surface area contributed by atoms with Crippen LogP contribution < -0.4 is 15.8 Å². The van der Waals surface area contributed by atoms with Gasteiger partial charge in [-0.3, -0.25) is 10.1 Å². The Balaban J connectivity index is 0.00000225. The Morgan fingerprint density at radius 3 is 3.00 bits per heavy atom. The fraction of sp³-hybridized carbons (Fsp3) is 0.438. The molecule has 1 aliphatic rings. The SMILES string of the molecule is COc1cccc(Cc2nnc(NC(=O)[C@@H]3CC[C@H](CN)O3)s2)c1.Cl. The third-order valence-electron chi connectivity index (χ3n) is 3.85. The Labute approximate surface area is 156 Å². The summed E-state index contributed by atoms with van der Waals surface area (Å²) in [6.45, 7) is 0.438. The lowest BCUT2D eigenvalue weighted by Crippen LogP contribution is -2.29. The Kier molecular flexibility index (Phi) is 7.12. The molecule has 0 radical (unpaired) electrons. The summed E-state index contributed by atoms with van der Waals surface area (Å²) in [4.78, 5) is 12.2. The number of amides is 1. The van der Waals surface area contributed by atoms with Crippen LogP contribution in [0.5, 0.6) is 5.75 Å². The van der Waals surface area contributed by atoms with Gasteiger partial charge < -0.3 is 15.2 Å². The van der Waals surface area contributed by atoms with Crippen molar-refractivity contribution in [2.45, 2.75) is 31.5 Å². The van der Waals surface area contributed by atoms with Gasteiger partial charge in [0.15, 0.2) is 0 Å². The molecule has 9 heteroatoms. The number of nitrogens with zero attached hydrogens (tertiary/aromatic N) is 2. The zero-order valence-corrected chi connectivity index (χ0v) is 15.4. The zero-order chi connectivity index (χ0) is 16.9. The highest BCUT2D eigenvalue weighted by Gasteiger charge is 2.30. The molecular formula is C16H21ClN4O3S. The lowest BCUT2D eigenvalue weighted by atomic mass is 10.1. The van der Waals surface area contributed by atoms with Gasteiger partial charge in [-0.1, -0.05) is 23.5 Å². The van der Waals surface area contributed by atoms with E-state index in [1.165, 1.54) is 11.3 Å². The van der Waals surface area contributed by atoms with Gasteiger partial charge in [-0.25, -0.2) is 0 Å². The summed E-state index contributed by atoms with van der Waals surface area (Å²) < 4.78 is 10.8. The maximum atomic E-state index is 12.2. The van der Waals surface area contributed by atoms with Crippen molar-refractivity contribution in [1.29, 1.82) is 0 Å². The number of nitrogens with two attached hydrogens (primary N) is 1. The normalized spacial score (nSPS) is 19.3. The molecule has 1 aliphatic heterocycles. The molecule has 136 valence electrons. The molecule has 0 aliphatic carbocycles. The number of aromatic nitrogens is 2. The minimum atomic E-state index is -0.454. The molecule has 2 aromatic rings. The Morgan fingerprint density at radius 2 is 2.28 bits per heavy atom. The summed E-state index contributed by atoms with van der Waals surface area (Å²) >= 11 is 1.36. The van der Waals surface area contributed by atoms with Crippen LogP contribution in [0.1, 0.15) is 23.4 Å². The van der Waals surface area contributed by atoms with Gasteiger partial charge in [0.2, 0.25) is 5.13 Å². The third-order valence-corrected chi connectivity index (χ3v) is 4.69. The summed E-state index contributed by atoms with van der Waals surface area (Å²) in [7, 11) is 1.64. The number of nitrogens with one attached hydrogen (secondary N) is 1. The molecule has 1 aromatic heterocycles. The number of benzene rings is 1. The van der Waals surface area contributed by atoms with Crippen molar-refractivity contribution >= 4 is 34.8 Å². The molecule has 7 nitrogen and oxygen atoms in total. The predicted octanol–water partition coefficient (Wildman–Crippen LogP) is 2.00. The lowest BCUT2D eigenvalue weighted by molar-refractivity contribution is -0.126. The quantitative estimate of drug-likeness (QED) is 0.790. The van der Waals surface area contributed by atoms with Crippen LogP contribution in [0.3, 0.4) is 0 Å². The van der Waals surface area contributed by atoms with Crippen molar-refractivity contribution in [2.75, 3.05) is 19.0 Å². The summed E-state index contributed by atoms with van der Waals surface area (Å²) in [5.41, 5.74) is 6.64. The summed E-state index contributed by atoms with van der Waals surface area (Å²) in [5.74, 6) is 0.619. The van der Waals surface area contributed by atoms with E-state index < -0.39 is 6.10 Å². The van der Waals surface area contributed by atoms with Crippen LogP contribution in [0.15, 0.2) is 24.3 Å². The molecule has 0 bridgehead atoms. The Hall–Kier alpha value is -1.74. The molecule has 2 heterocycles. The summed E-state index contributed by atoms with van der Waals surface area (Å²) in [5, 5.41) is 12.2. The third kappa shape index (κ3) is 5.12. The maximum Gasteiger partial charge on any atom is 0.255 e. The van der Waals surface area contributed by atoms with Gasteiger partial charge in [0.05, 0.1) is 13.2 Å². The van der Waals surface area contributed by atoms with Crippen LogP contribution in [-0.4, -0.2) is 42.0 Å². The Bertz CT molecular complexity index is 712. The van der Waals surface area contributed by atoms with E-state index in [0.717, 1.165) is 22.7 Å². The van der Waals surface area contributed by atoms with Crippen LogP contribution in [0.4, 0.5) is 5.13 Å². The molecule has 1 amide bonds. The molecule has 3 N–H and O–H groups in total. The van der Waals surface area contributed by atoms with Gasteiger partial charge in [0, 0.05) is 13.0 Å². The Morgan fingerprint density at radius 1 is 1.44 bits per heavy atom. The fourth-order valence-electron chi connectivity index (χ4n) is 2.59. The van der Waals surface area contributed by atoms with E-state index in [9.17, 15) is 4.79 Å². The topological polar surface area (TPSA) is 99.4 Å². The highest BCUT2D eigenvalue weighted by molar-refractivity contribution is 7.15. The number of methoxy groups -OCH3 is 1. The number of carbonyl (C=O) groups is 1. The molecule has 3 rings (SSSR count). The van der Waals surface area contributed by atoms with Crippen molar-refractivity contribution < 1.29 is 14.3 Å². The van der Waals surface area contributed by atoms with E-state index in [-0.39, 0.29) is 24.4 Å². The molecule has 0 saturated carbocycles. The van der Waals surface area contributed by atoms with Gasteiger partial charge in [-0.2, -0.15) is 0 Å². The average Bonchev–Trinajstić information content (AvgIpc) is 3.24. The molecule has 1 aromatic carbocycles. The van der Waals surface area contributed by atoms with E-state index in [4.69, 9.17) is 15.2 Å². The largest absolute Gasteiger partial charge is 0.497 e. The first-order chi connectivity index (χ1) is 11.7. The van der Waals surface area contributed by atoms with E-state index in [1.807, 2.05) is 24.3 Å². The molecule has 2 atom stereocenters. The second-order valence-corrected chi connectivity index (χ2v) is 6.64. The second kappa shape index (κ2) is 9.10. The molecule has 0 unspecified atom stereocenters. The van der Waals surface area contributed by atoms with Crippen LogP contribution in [-0.2, 0) is 16.0 Å².